The molecule has 0 bridgehead atoms. The van der Waals surface area contributed by atoms with Crippen molar-refractivity contribution >= 4 is 27.5 Å². The Morgan fingerprint density at radius 2 is 2.19 bits per heavy atom. The van der Waals surface area contributed by atoms with Crippen LogP contribution < -0.4 is 5.32 Å². The number of aryl methyl sites for hydroxylation is 2. The zero-order valence-electron chi connectivity index (χ0n) is 14.5. The topological polar surface area (TPSA) is 121 Å². The fraction of sp³-hybridized carbons (Fsp3) is 0.312. The molecule has 0 aliphatic carbocycles. The minimum absolute atomic E-state index is 0.0982. The molecular formula is C16H17BrN6O4. The highest BCUT2D eigenvalue weighted by atomic mass is 79.9. The third kappa shape index (κ3) is 4.82. The van der Waals surface area contributed by atoms with Crippen molar-refractivity contribution < 1.29 is 14.1 Å². The number of carbonyl (C=O) groups excluding carboxylic acids is 1. The van der Waals surface area contributed by atoms with Crippen LogP contribution in [0.2, 0.25) is 0 Å². The van der Waals surface area contributed by atoms with Gasteiger partial charge in [-0.2, -0.15) is 10.2 Å². The first kappa shape index (κ1) is 18.8. The van der Waals surface area contributed by atoms with E-state index in [1.807, 2.05) is 17.8 Å². The standard InChI is InChI=1S/C16H17BrN6O4/c1-11-14(17)10-21(20-11)6-2-5-18-16(24)15-4-3-13(27-15)9-22-8-12(7-19-22)23(25)26/h3-4,7-8,10H,2,5-6,9H2,1H3,(H,18,24). The van der Waals surface area contributed by atoms with Gasteiger partial charge in [0.1, 0.15) is 18.2 Å². The SMILES string of the molecule is Cc1nn(CCCNC(=O)c2ccc(Cn3cc([N+](=O)[O-])cn3)o2)cc1Br. The molecule has 0 saturated heterocycles. The molecule has 10 nitrogen and oxygen atoms in total. The quantitative estimate of drug-likeness (QED) is 0.328. The van der Waals surface area contributed by atoms with E-state index in [2.05, 4.69) is 31.4 Å². The molecule has 3 aromatic heterocycles. The lowest BCUT2D eigenvalue weighted by atomic mass is 10.3. The summed E-state index contributed by atoms with van der Waals surface area (Å²) >= 11 is 3.41. The molecular weight excluding hydrogens is 420 g/mol. The van der Waals surface area contributed by atoms with Gasteiger partial charge in [-0.05, 0) is 41.4 Å². The van der Waals surface area contributed by atoms with Crippen LogP contribution in [0.5, 0.6) is 0 Å². The summed E-state index contributed by atoms with van der Waals surface area (Å²) in [5.41, 5.74) is 0.823. The van der Waals surface area contributed by atoms with Gasteiger partial charge in [-0.25, -0.2) is 0 Å². The lowest BCUT2D eigenvalue weighted by Crippen LogP contribution is -2.24. The molecule has 0 spiro atoms. The molecule has 1 amide bonds. The molecule has 0 unspecified atom stereocenters. The van der Waals surface area contributed by atoms with Crippen LogP contribution in [0.3, 0.4) is 0 Å². The van der Waals surface area contributed by atoms with E-state index in [4.69, 9.17) is 4.42 Å². The highest BCUT2D eigenvalue weighted by molar-refractivity contribution is 9.10. The molecule has 3 heterocycles. The molecule has 27 heavy (non-hydrogen) atoms. The molecule has 0 radical (unpaired) electrons. The normalized spacial score (nSPS) is 10.9. The number of amides is 1. The van der Waals surface area contributed by atoms with Gasteiger partial charge in [0.15, 0.2) is 5.76 Å². The fourth-order valence-electron chi connectivity index (χ4n) is 2.42. The van der Waals surface area contributed by atoms with Crippen LogP contribution in [0.1, 0.15) is 28.4 Å². The van der Waals surface area contributed by atoms with Crippen molar-refractivity contribution in [1.29, 1.82) is 0 Å². The van der Waals surface area contributed by atoms with Gasteiger partial charge >= 0.3 is 5.69 Å². The third-order valence-corrected chi connectivity index (χ3v) is 4.55. The first-order valence-electron chi connectivity index (χ1n) is 8.15. The molecule has 0 aliphatic rings. The Morgan fingerprint density at radius 3 is 2.85 bits per heavy atom. The zero-order valence-corrected chi connectivity index (χ0v) is 16.0. The average Bonchev–Trinajstić information content (AvgIpc) is 3.34. The number of nitrogens with zero attached hydrogens (tertiary/aromatic N) is 5. The Hall–Kier alpha value is -2.95. The summed E-state index contributed by atoms with van der Waals surface area (Å²) in [5, 5.41) is 21.7. The van der Waals surface area contributed by atoms with Crippen LogP contribution in [0.25, 0.3) is 0 Å². The van der Waals surface area contributed by atoms with Crippen LogP contribution in [0.15, 0.2) is 39.6 Å². The number of nitro groups is 1. The van der Waals surface area contributed by atoms with Gasteiger partial charge in [0, 0.05) is 19.3 Å². The van der Waals surface area contributed by atoms with Crippen molar-refractivity contribution in [2.75, 3.05) is 6.54 Å². The number of furan rings is 1. The minimum Gasteiger partial charge on any atom is -0.454 e. The van der Waals surface area contributed by atoms with E-state index in [0.29, 0.717) is 18.8 Å². The molecule has 1 N–H and O–H groups in total. The van der Waals surface area contributed by atoms with E-state index in [0.717, 1.165) is 22.8 Å². The van der Waals surface area contributed by atoms with Crippen molar-refractivity contribution in [3.05, 3.63) is 62.5 Å². The summed E-state index contributed by atoms with van der Waals surface area (Å²) in [6, 6.07) is 3.21. The van der Waals surface area contributed by atoms with Crippen LogP contribution in [0.4, 0.5) is 5.69 Å². The number of carbonyl (C=O) groups is 1. The van der Waals surface area contributed by atoms with E-state index in [1.165, 1.54) is 10.9 Å². The van der Waals surface area contributed by atoms with Gasteiger partial charge in [0.25, 0.3) is 5.91 Å². The summed E-state index contributed by atoms with van der Waals surface area (Å²) in [7, 11) is 0. The highest BCUT2D eigenvalue weighted by Crippen LogP contribution is 2.14. The van der Waals surface area contributed by atoms with Gasteiger partial charge in [-0.3, -0.25) is 24.3 Å². The number of aromatic nitrogens is 4. The second kappa shape index (κ2) is 8.16. The zero-order chi connectivity index (χ0) is 19.4. The van der Waals surface area contributed by atoms with E-state index in [-0.39, 0.29) is 23.9 Å². The summed E-state index contributed by atoms with van der Waals surface area (Å²) < 4.78 is 9.64. The minimum atomic E-state index is -0.520. The lowest BCUT2D eigenvalue weighted by molar-refractivity contribution is -0.385. The molecule has 3 rings (SSSR count). The van der Waals surface area contributed by atoms with Crippen molar-refractivity contribution in [3.63, 3.8) is 0 Å². The summed E-state index contributed by atoms with van der Waals surface area (Å²) in [5.74, 6) is 0.352. The maximum atomic E-state index is 12.1. The summed E-state index contributed by atoms with van der Waals surface area (Å²) in [4.78, 5) is 22.3. The maximum Gasteiger partial charge on any atom is 0.307 e. The monoisotopic (exact) mass is 436 g/mol. The molecule has 3 aromatic rings. The Morgan fingerprint density at radius 1 is 1.37 bits per heavy atom. The van der Waals surface area contributed by atoms with Crippen molar-refractivity contribution in [3.8, 4) is 0 Å². The number of hydrogen-bond donors (Lipinski definition) is 1. The third-order valence-electron chi connectivity index (χ3n) is 3.77. The molecule has 0 aromatic carbocycles. The smallest absolute Gasteiger partial charge is 0.307 e. The van der Waals surface area contributed by atoms with Gasteiger partial charge in [0.05, 0.1) is 21.6 Å². The van der Waals surface area contributed by atoms with E-state index < -0.39 is 4.92 Å². The van der Waals surface area contributed by atoms with E-state index in [9.17, 15) is 14.9 Å². The van der Waals surface area contributed by atoms with Gasteiger partial charge < -0.3 is 9.73 Å². The Balaban J connectivity index is 1.46. The van der Waals surface area contributed by atoms with E-state index in [1.54, 1.807) is 12.1 Å². The first-order chi connectivity index (χ1) is 12.9. The van der Waals surface area contributed by atoms with Gasteiger partial charge in [0.2, 0.25) is 0 Å². The molecule has 0 atom stereocenters. The predicted octanol–water partition coefficient (Wildman–Crippen LogP) is 2.52. The Bertz CT molecular complexity index is 940. The summed E-state index contributed by atoms with van der Waals surface area (Å²) in [6.45, 7) is 3.29. The van der Waals surface area contributed by atoms with Crippen LogP contribution >= 0.6 is 15.9 Å². The average molecular weight is 437 g/mol. The Labute approximate surface area is 162 Å². The number of nitrogens with one attached hydrogen (secondary N) is 1. The lowest BCUT2D eigenvalue weighted by Gasteiger charge is -2.04. The number of rotatable bonds is 8. The molecule has 11 heteroatoms. The van der Waals surface area contributed by atoms with Gasteiger partial charge in [-0.15, -0.1) is 0 Å². The van der Waals surface area contributed by atoms with Crippen LogP contribution in [-0.4, -0.2) is 36.9 Å². The molecule has 0 aliphatic heterocycles. The number of hydrogen-bond acceptors (Lipinski definition) is 6. The summed E-state index contributed by atoms with van der Waals surface area (Å²) in [6.07, 6.45) is 5.09. The van der Waals surface area contributed by atoms with E-state index >= 15 is 0 Å². The first-order valence-corrected chi connectivity index (χ1v) is 8.95. The molecule has 0 saturated carbocycles. The number of halogens is 1. The fourth-order valence-corrected chi connectivity index (χ4v) is 2.73. The van der Waals surface area contributed by atoms with Crippen molar-refractivity contribution in [2.45, 2.75) is 26.4 Å². The van der Waals surface area contributed by atoms with Crippen LogP contribution in [-0.2, 0) is 13.1 Å². The molecule has 0 fully saturated rings. The largest absolute Gasteiger partial charge is 0.454 e. The molecule has 142 valence electrons. The second-order valence-electron chi connectivity index (χ2n) is 5.85. The van der Waals surface area contributed by atoms with Crippen molar-refractivity contribution in [2.24, 2.45) is 0 Å². The van der Waals surface area contributed by atoms with Crippen LogP contribution in [0, 0.1) is 17.0 Å². The second-order valence-corrected chi connectivity index (χ2v) is 6.71. The highest BCUT2D eigenvalue weighted by Gasteiger charge is 2.13. The maximum absolute atomic E-state index is 12.1. The van der Waals surface area contributed by atoms with Crippen molar-refractivity contribution in [1.82, 2.24) is 24.9 Å². The van der Waals surface area contributed by atoms with Gasteiger partial charge in [-0.1, -0.05) is 0 Å². The Kier molecular flexibility index (Phi) is 5.69. The predicted molar refractivity (Wildman–Crippen MR) is 98.3 cm³/mol.